The molecule has 3 aromatic carbocycles. The summed E-state index contributed by atoms with van der Waals surface area (Å²) < 4.78 is 33.9. The van der Waals surface area contributed by atoms with Gasteiger partial charge in [0.15, 0.2) is 0 Å². The largest absolute Gasteiger partial charge is 0.497 e. The molecule has 2 amide bonds. The lowest BCUT2D eigenvalue weighted by molar-refractivity contribution is -0.140. The molecule has 0 spiro atoms. The van der Waals surface area contributed by atoms with E-state index in [4.69, 9.17) is 4.74 Å². The minimum absolute atomic E-state index is 0.0767. The average Bonchev–Trinajstić information content (AvgIpc) is 2.95. The van der Waals surface area contributed by atoms with Crippen molar-refractivity contribution >= 4 is 27.5 Å². The maximum Gasteiger partial charge on any atom is 0.264 e. The van der Waals surface area contributed by atoms with Gasteiger partial charge in [-0.25, -0.2) is 8.42 Å². The molecule has 0 aliphatic heterocycles. The molecule has 0 fully saturated rings. The van der Waals surface area contributed by atoms with Crippen LogP contribution >= 0.6 is 0 Å². The van der Waals surface area contributed by atoms with Gasteiger partial charge >= 0.3 is 0 Å². The van der Waals surface area contributed by atoms with Crippen LogP contribution in [0, 0.1) is 6.92 Å². The summed E-state index contributed by atoms with van der Waals surface area (Å²) in [4.78, 5) is 28.7. The van der Waals surface area contributed by atoms with Crippen LogP contribution in [0.3, 0.4) is 0 Å². The fourth-order valence-electron chi connectivity index (χ4n) is 4.17. The summed E-state index contributed by atoms with van der Waals surface area (Å²) in [5.74, 6) is -0.0812. The fourth-order valence-corrected chi connectivity index (χ4v) is 5.61. The lowest BCUT2D eigenvalue weighted by atomic mass is 10.1. The second-order valence-corrected chi connectivity index (χ2v) is 11.1. The van der Waals surface area contributed by atoms with Gasteiger partial charge in [-0.2, -0.15) is 0 Å². The van der Waals surface area contributed by atoms with Crippen LogP contribution < -0.4 is 14.4 Å². The van der Waals surface area contributed by atoms with Gasteiger partial charge in [0.25, 0.3) is 10.0 Å². The van der Waals surface area contributed by atoms with E-state index in [1.54, 1.807) is 61.7 Å². The minimum atomic E-state index is -4.08. The van der Waals surface area contributed by atoms with E-state index in [-0.39, 0.29) is 17.3 Å². The number of nitrogens with one attached hydrogen (secondary N) is 1. The Bertz CT molecular complexity index is 1330. The molecule has 3 rings (SSSR count). The van der Waals surface area contributed by atoms with Gasteiger partial charge in [0.2, 0.25) is 11.8 Å². The van der Waals surface area contributed by atoms with Gasteiger partial charge in [-0.3, -0.25) is 13.9 Å². The molecule has 0 aliphatic rings. The Hall–Kier alpha value is -3.85. The molecule has 0 heterocycles. The van der Waals surface area contributed by atoms with Crippen molar-refractivity contribution < 1.29 is 22.7 Å². The third kappa shape index (κ3) is 7.60. The van der Waals surface area contributed by atoms with Crippen LogP contribution in [0.25, 0.3) is 0 Å². The van der Waals surface area contributed by atoms with Crippen molar-refractivity contribution in [1.82, 2.24) is 10.2 Å². The molecule has 3 aromatic rings. The van der Waals surface area contributed by atoms with Gasteiger partial charge in [0.1, 0.15) is 18.3 Å². The predicted octanol–water partition coefficient (Wildman–Crippen LogP) is 4.53. The topological polar surface area (TPSA) is 96.0 Å². The van der Waals surface area contributed by atoms with Gasteiger partial charge in [0.05, 0.1) is 17.7 Å². The first-order valence-electron chi connectivity index (χ1n) is 13.1. The van der Waals surface area contributed by atoms with Crippen molar-refractivity contribution in [1.29, 1.82) is 0 Å². The molecule has 1 N–H and O–H groups in total. The zero-order valence-corrected chi connectivity index (χ0v) is 23.8. The van der Waals surface area contributed by atoms with Gasteiger partial charge < -0.3 is 15.0 Å². The van der Waals surface area contributed by atoms with Crippen molar-refractivity contribution in [2.45, 2.75) is 51.1 Å². The van der Waals surface area contributed by atoms with Crippen molar-refractivity contribution in [3.63, 3.8) is 0 Å². The Morgan fingerprint density at radius 3 is 2.13 bits per heavy atom. The Balaban J connectivity index is 2.02. The number of amides is 2. The smallest absolute Gasteiger partial charge is 0.264 e. The molecular weight excluding hydrogens is 514 g/mol. The van der Waals surface area contributed by atoms with Gasteiger partial charge in [-0.1, -0.05) is 61.9 Å². The summed E-state index contributed by atoms with van der Waals surface area (Å²) in [6.07, 6.45) is 1.12. The summed E-state index contributed by atoms with van der Waals surface area (Å²) >= 11 is 0. The molecule has 0 aliphatic carbocycles. The maximum atomic E-state index is 14.0. The number of sulfonamides is 1. The van der Waals surface area contributed by atoms with Gasteiger partial charge in [-0.05, 0) is 61.7 Å². The monoisotopic (exact) mass is 551 g/mol. The van der Waals surface area contributed by atoms with E-state index in [9.17, 15) is 18.0 Å². The molecule has 1 atom stereocenters. The first-order chi connectivity index (χ1) is 18.7. The van der Waals surface area contributed by atoms with E-state index >= 15 is 0 Å². The maximum absolute atomic E-state index is 14.0. The summed E-state index contributed by atoms with van der Waals surface area (Å²) in [6.45, 7) is 5.85. The van der Waals surface area contributed by atoms with E-state index in [0.29, 0.717) is 24.4 Å². The molecule has 0 saturated carbocycles. The summed E-state index contributed by atoms with van der Waals surface area (Å²) in [7, 11) is -2.50. The zero-order valence-electron chi connectivity index (χ0n) is 23.0. The Labute approximate surface area is 231 Å². The number of nitrogens with zero attached hydrogens (tertiary/aromatic N) is 2. The fraction of sp³-hybridized carbons (Fsp3) is 0.333. The van der Waals surface area contributed by atoms with E-state index in [1.807, 2.05) is 32.9 Å². The van der Waals surface area contributed by atoms with Crippen LogP contribution in [-0.4, -0.2) is 51.4 Å². The number of rotatable bonds is 13. The molecule has 0 unspecified atom stereocenters. The summed E-state index contributed by atoms with van der Waals surface area (Å²) in [5.41, 5.74) is 2.12. The Morgan fingerprint density at radius 2 is 1.56 bits per heavy atom. The number of hydrogen-bond donors (Lipinski definition) is 1. The van der Waals surface area contributed by atoms with Crippen molar-refractivity contribution in [2.75, 3.05) is 24.5 Å². The highest BCUT2D eigenvalue weighted by molar-refractivity contribution is 7.92. The van der Waals surface area contributed by atoms with Crippen LogP contribution in [-0.2, 0) is 26.2 Å². The normalized spacial score (nSPS) is 11.9. The van der Waals surface area contributed by atoms with E-state index in [1.165, 1.54) is 17.0 Å². The number of benzene rings is 3. The SMILES string of the molecule is CCCNC(=O)[C@H](CC)N(Cc1ccc(OC)cc1)C(=O)CN(c1ccc(C)cc1)S(=O)(=O)c1ccccc1. The molecule has 9 heteroatoms. The minimum Gasteiger partial charge on any atom is -0.497 e. The van der Waals surface area contributed by atoms with Gasteiger partial charge in [0, 0.05) is 13.1 Å². The van der Waals surface area contributed by atoms with E-state index in [2.05, 4.69) is 5.32 Å². The first-order valence-corrected chi connectivity index (χ1v) is 14.5. The molecule has 0 bridgehead atoms. The number of aryl methyl sites for hydroxylation is 1. The number of carbonyl (C=O) groups is 2. The molecule has 208 valence electrons. The molecule has 0 saturated heterocycles. The standard InChI is InChI=1S/C30H37N3O5S/c1-5-20-31-30(35)28(6-2)32(21-24-14-18-26(38-4)19-15-24)29(34)22-33(25-16-12-23(3)13-17-25)39(36,37)27-10-8-7-9-11-27/h7-19,28H,5-6,20-22H2,1-4H3,(H,31,35)/t28-/m0/s1. The molecular formula is C30H37N3O5S. The van der Waals surface area contributed by atoms with Crippen LogP contribution in [0.1, 0.15) is 37.8 Å². The summed E-state index contributed by atoms with van der Waals surface area (Å²) in [5, 5.41) is 2.89. The van der Waals surface area contributed by atoms with Crippen LogP contribution in [0.2, 0.25) is 0 Å². The Kier molecular flexibility index (Phi) is 10.5. The summed E-state index contributed by atoms with van der Waals surface area (Å²) in [6, 6.07) is 21.4. The quantitative estimate of drug-likeness (QED) is 0.337. The van der Waals surface area contributed by atoms with Crippen molar-refractivity contribution in [3.05, 3.63) is 90.0 Å². The van der Waals surface area contributed by atoms with E-state index in [0.717, 1.165) is 21.9 Å². The highest BCUT2D eigenvalue weighted by Gasteiger charge is 2.33. The highest BCUT2D eigenvalue weighted by atomic mass is 32.2. The molecule has 8 nitrogen and oxygen atoms in total. The highest BCUT2D eigenvalue weighted by Crippen LogP contribution is 2.25. The molecule has 39 heavy (non-hydrogen) atoms. The van der Waals surface area contributed by atoms with E-state index < -0.39 is 28.5 Å². The van der Waals surface area contributed by atoms with Crippen LogP contribution in [0.5, 0.6) is 5.75 Å². The lowest BCUT2D eigenvalue weighted by Crippen LogP contribution is -2.52. The lowest BCUT2D eigenvalue weighted by Gasteiger charge is -2.33. The second-order valence-electron chi connectivity index (χ2n) is 9.25. The van der Waals surface area contributed by atoms with Gasteiger partial charge in [-0.15, -0.1) is 0 Å². The molecule has 0 radical (unpaired) electrons. The van der Waals surface area contributed by atoms with Crippen LogP contribution in [0.4, 0.5) is 5.69 Å². The number of ether oxygens (including phenoxy) is 1. The number of methoxy groups -OCH3 is 1. The third-order valence-electron chi connectivity index (χ3n) is 6.38. The van der Waals surface area contributed by atoms with Crippen LogP contribution in [0.15, 0.2) is 83.8 Å². The second kappa shape index (κ2) is 13.8. The number of carbonyl (C=O) groups excluding carboxylic acids is 2. The number of hydrogen-bond acceptors (Lipinski definition) is 5. The Morgan fingerprint density at radius 1 is 0.923 bits per heavy atom. The first kappa shape index (κ1) is 29.7. The van der Waals surface area contributed by atoms with Crippen molar-refractivity contribution in [2.24, 2.45) is 0 Å². The molecule has 0 aromatic heterocycles. The third-order valence-corrected chi connectivity index (χ3v) is 8.17. The predicted molar refractivity (Wildman–Crippen MR) is 153 cm³/mol. The van der Waals surface area contributed by atoms with Crippen molar-refractivity contribution in [3.8, 4) is 5.75 Å². The zero-order chi connectivity index (χ0) is 28.4. The average molecular weight is 552 g/mol. The number of anilines is 1.